The Bertz CT molecular complexity index is 1290. The Kier molecular flexibility index (Phi) is 5.03. The maximum absolute atomic E-state index is 13.3. The van der Waals surface area contributed by atoms with Crippen LogP contribution in [0.2, 0.25) is 0 Å². The number of carbonyl (C=O) groups is 1. The molecule has 4 aromatic rings. The normalized spacial score (nSPS) is 14.2. The van der Waals surface area contributed by atoms with E-state index in [2.05, 4.69) is 22.0 Å². The maximum Gasteiger partial charge on any atom is 0.271 e. The summed E-state index contributed by atoms with van der Waals surface area (Å²) in [6.07, 6.45) is 1.43. The van der Waals surface area contributed by atoms with Crippen molar-refractivity contribution in [3.8, 4) is 11.3 Å². The molecule has 156 valence electrons. The van der Waals surface area contributed by atoms with Gasteiger partial charge in [0.05, 0.1) is 5.69 Å². The number of aromatic nitrogens is 2. The van der Waals surface area contributed by atoms with Gasteiger partial charge in [0, 0.05) is 43.4 Å². The zero-order chi connectivity index (χ0) is 21.4. The van der Waals surface area contributed by atoms with Crippen LogP contribution in [-0.4, -0.2) is 46.4 Å². The predicted octanol–water partition coefficient (Wildman–Crippen LogP) is 3.69. The number of hydrogen-bond donors (Lipinski definition) is 0. The standard InChI is InChI=1S/C24H22N4O2S/c1-17-7-9-18(10-8-17)21-16-31-24-25-15-20(23(30)28(21)24)22(29)27-13-11-26(12-14-27)19-5-3-2-4-6-19/h2-10,15-16H,11-14H2,1H3. The fourth-order valence-corrected chi connectivity index (χ4v) is 4.80. The summed E-state index contributed by atoms with van der Waals surface area (Å²) in [6.45, 7) is 4.64. The first-order chi connectivity index (χ1) is 15.1. The molecule has 3 heterocycles. The van der Waals surface area contributed by atoms with Crippen LogP contribution >= 0.6 is 11.3 Å². The van der Waals surface area contributed by atoms with Crippen LogP contribution in [0.15, 0.2) is 71.0 Å². The molecule has 0 spiro atoms. The molecule has 1 aliphatic rings. The van der Waals surface area contributed by atoms with Crippen molar-refractivity contribution < 1.29 is 4.79 Å². The first-order valence-electron chi connectivity index (χ1n) is 10.3. The van der Waals surface area contributed by atoms with Crippen molar-refractivity contribution in [2.75, 3.05) is 31.1 Å². The highest BCUT2D eigenvalue weighted by molar-refractivity contribution is 7.15. The Hall–Kier alpha value is -3.45. The average Bonchev–Trinajstić information content (AvgIpc) is 3.25. The van der Waals surface area contributed by atoms with Crippen LogP contribution in [0.3, 0.4) is 0 Å². The van der Waals surface area contributed by atoms with Gasteiger partial charge in [0.15, 0.2) is 4.96 Å². The van der Waals surface area contributed by atoms with Crippen molar-refractivity contribution in [2.45, 2.75) is 6.92 Å². The second-order valence-corrected chi connectivity index (χ2v) is 8.53. The first-order valence-corrected chi connectivity index (χ1v) is 11.2. The monoisotopic (exact) mass is 430 g/mol. The lowest BCUT2D eigenvalue weighted by Crippen LogP contribution is -2.49. The maximum atomic E-state index is 13.3. The van der Waals surface area contributed by atoms with Gasteiger partial charge in [0.25, 0.3) is 11.5 Å². The van der Waals surface area contributed by atoms with Crippen molar-refractivity contribution >= 4 is 27.9 Å². The van der Waals surface area contributed by atoms with Crippen LogP contribution in [0.1, 0.15) is 15.9 Å². The fourth-order valence-electron chi connectivity index (χ4n) is 3.94. The molecule has 0 saturated carbocycles. The van der Waals surface area contributed by atoms with Crippen LogP contribution in [0, 0.1) is 6.92 Å². The molecule has 0 atom stereocenters. The summed E-state index contributed by atoms with van der Waals surface area (Å²) < 4.78 is 1.56. The summed E-state index contributed by atoms with van der Waals surface area (Å²) in [5.74, 6) is -0.249. The number of benzene rings is 2. The van der Waals surface area contributed by atoms with E-state index >= 15 is 0 Å². The number of fused-ring (bicyclic) bond motifs is 1. The largest absolute Gasteiger partial charge is 0.368 e. The number of carbonyl (C=O) groups excluding carboxylic acids is 1. The molecule has 1 aliphatic heterocycles. The highest BCUT2D eigenvalue weighted by Gasteiger charge is 2.25. The molecule has 1 fully saturated rings. The van der Waals surface area contributed by atoms with E-state index in [1.165, 1.54) is 17.5 Å². The molecule has 31 heavy (non-hydrogen) atoms. The summed E-state index contributed by atoms with van der Waals surface area (Å²) in [7, 11) is 0. The van der Waals surface area contributed by atoms with Crippen LogP contribution in [-0.2, 0) is 0 Å². The van der Waals surface area contributed by atoms with E-state index in [9.17, 15) is 9.59 Å². The van der Waals surface area contributed by atoms with Gasteiger partial charge < -0.3 is 9.80 Å². The van der Waals surface area contributed by atoms with Gasteiger partial charge in [-0.1, -0.05) is 48.0 Å². The number of piperazine rings is 1. The van der Waals surface area contributed by atoms with Gasteiger partial charge in [-0.05, 0) is 24.6 Å². The number of para-hydroxylation sites is 1. The van der Waals surface area contributed by atoms with Crippen LogP contribution in [0.25, 0.3) is 16.2 Å². The Morgan fingerprint density at radius 1 is 0.968 bits per heavy atom. The Morgan fingerprint density at radius 2 is 1.68 bits per heavy atom. The molecule has 2 aromatic heterocycles. The number of rotatable bonds is 3. The summed E-state index contributed by atoms with van der Waals surface area (Å²) in [5, 5.41) is 1.92. The minimum Gasteiger partial charge on any atom is -0.368 e. The van der Waals surface area contributed by atoms with E-state index in [-0.39, 0.29) is 17.0 Å². The minimum absolute atomic E-state index is 0.123. The van der Waals surface area contributed by atoms with Gasteiger partial charge in [-0.2, -0.15) is 0 Å². The predicted molar refractivity (Wildman–Crippen MR) is 124 cm³/mol. The van der Waals surface area contributed by atoms with E-state index in [0.717, 1.165) is 35.6 Å². The average molecular weight is 431 g/mol. The van der Waals surface area contributed by atoms with Gasteiger partial charge in [-0.15, -0.1) is 11.3 Å². The van der Waals surface area contributed by atoms with E-state index in [1.54, 1.807) is 9.30 Å². The van der Waals surface area contributed by atoms with Crippen LogP contribution in [0.5, 0.6) is 0 Å². The summed E-state index contributed by atoms with van der Waals surface area (Å²) >= 11 is 1.40. The molecule has 5 rings (SSSR count). The van der Waals surface area contributed by atoms with E-state index in [1.807, 2.05) is 54.8 Å². The highest BCUT2D eigenvalue weighted by Crippen LogP contribution is 2.24. The van der Waals surface area contributed by atoms with E-state index in [4.69, 9.17) is 0 Å². The van der Waals surface area contributed by atoms with Gasteiger partial charge in [0.2, 0.25) is 0 Å². The first kappa shape index (κ1) is 19.5. The lowest BCUT2D eigenvalue weighted by molar-refractivity contribution is 0.0744. The van der Waals surface area contributed by atoms with Gasteiger partial charge in [-0.25, -0.2) is 4.98 Å². The molecule has 0 aliphatic carbocycles. The van der Waals surface area contributed by atoms with Crippen molar-refractivity contribution in [2.24, 2.45) is 0 Å². The molecule has 7 heteroatoms. The van der Waals surface area contributed by atoms with Gasteiger partial charge in [-0.3, -0.25) is 14.0 Å². The molecule has 0 unspecified atom stereocenters. The lowest BCUT2D eigenvalue weighted by atomic mass is 10.1. The van der Waals surface area contributed by atoms with E-state index in [0.29, 0.717) is 18.1 Å². The molecule has 2 aromatic carbocycles. The number of thiazole rings is 1. The molecule has 0 bridgehead atoms. The number of hydrogen-bond acceptors (Lipinski definition) is 5. The Balaban J connectivity index is 1.42. The van der Waals surface area contributed by atoms with E-state index < -0.39 is 0 Å². The molecule has 1 amide bonds. The smallest absolute Gasteiger partial charge is 0.271 e. The molecule has 6 nitrogen and oxygen atoms in total. The van der Waals surface area contributed by atoms with Gasteiger partial charge in [0.1, 0.15) is 5.56 Å². The van der Waals surface area contributed by atoms with Crippen molar-refractivity contribution in [1.82, 2.24) is 14.3 Å². The molecular weight excluding hydrogens is 408 g/mol. The SMILES string of the molecule is Cc1ccc(-c2csc3ncc(C(=O)N4CCN(c5ccccc5)CC4)c(=O)n23)cc1. The second kappa shape index (κ2) is 8.00. The summed E-state index contributed by atoms with van der Waals surface area (Å²) in [6, 6.07) is 18.2. The number of anilines is 1. The van der Waals surface area contributed by atoms with Crippen molar-refractivity contribution in [3.63, 3.8) is 0 Å². The molecule has 0 radical (unpaired) electrons. The molecule has 1 saturated heterocycles. The Morgan fingerprint density at radius 3 is 2.39 bits per heavy atom. The number of amides is 1. The zero-order valence-corrected chi connectivity index (χ0v) is 18.0. The van der Waals surface area contributed by atoms with Crippen LogP contribution < -0.4 is 10.5 Å². The summed E-state index contributed by atoms with van der Waals surface area (Å²) in [5.41, 5.74) is 3.82. The minimum atomic E-state index is -0.308. The fraction of sp³-hybridized carbons (Fsp3) is 0.208. The number of aryl methyl sites for hydroxylation is 1. The third-order valence-electron chi connectivity index (χ3n) is 5.71. The molecular formula is C24H22N4O2S. The summed E-state index contributed by atoms with van der Waals surface area (Å²) in [4.78, 5) is 35.5. The Labute approximate surface area is 184 Å². The molecule has 0 N–H and O–H groups in total. The lowest BCUT2D eigenvalue weighted by Gasteiger charge is -2.36. The van der Waals surface area contributed by atoms with Crippen molar-refractivity contribution in [1.29, 1.82) is 0 Å². The zero-order valence-electron chi connectivity index (χ0n) is 17.2. The topological polar surface area (TPSA) is 57.9 Å². The highest BCUT2D eigenvalue weighted by atomic mass is 32.1. The third-order valence-corrected chi connectivity index (χ3v) is 6.55. The quantitative estimate of drug-likeness (QED) is 0.497. The second-order valence-electron chi connectivity index (χ2n) is 7.70. The number of nitrogens with zero attached hydrogens (tertiary/aromatic N) is 4. The van der Waals surface area contributed by atoms with Gasteiger partial charge >= 0.3 is 0 Å². The van der Waals surface area contributed by atoms with Crippen molar-refractivity contribution in [3.05, 3.63) is 87.7 Å². The van der Waals surface area contributed by atoms with Crippen LogP contribution in [0.4, 0.5) is 5.69 Å². The third kappa shape index (κ3) is 3.61.